The van der Waals surface area contributed by atoms with Crippen molar-refractivity contribution in [2.75, 3.05) is 31.7 Å². The molecule has 2 heterocycles. The molecule has 24 heavy (non-hydrogen) atoms. The van der Waals surface area contributed by atoms with Crippen LogP contribution in [0, 0.1) is 13.8 Å². The van der Waals surface area contributed by atoms with E-state index >= 15 is 0 Å². The SMILES string of the molecule is COC1(CO)CCN(c2nnnn2Cc2ccc(C)cc2C)CC1. The lowest BCUT2D eigenvalue weighted by atomic mass is 9.92. The number of methoxy groups -OCH3 is 1. The van der Waals surface area contributed by atoms with Gasteiger partial charge >= 0.3 is 0 Å². The maximum absolute atomic E-state index is 9.57. The van der Waals surface area contributed by atoms with Crippen molar-refractivity contribution in [3.63, 3.8) is 0 Å². The lowest BCUT2D eigenvalue weighted by Crippen LogP contribution is -2.48. The molecule has 1 saturated heterocycles. The zero-order chi connectivity index (χ0) is 17.2. The number of nitrogens with zero attached hydrogens (tertiary/aromatic N) is 5. The van der Waals surface area contributed by atoms with Gasteiger partial charge in [0.05, 0.1) is 18.8 Å². The molecule has 7 heteroatoms. The average molecular weight is 331 g/mol. The molecule has 3 rings (SSSR count). The third kappa shape index (κ3) is 3.27. The van der Waals surface area contributed by atoms with Crippen molar-refractivity contribution in [1.29, 1.82) is 0 Å². The lowest BCUT2D eigenvalue weighted by Gasteiger charge is -2.39. The lowest BCUT2D eigenvalue weighted by molar-refractivity contribution is -0.0674. The van der Waals surface area contributed by atoms with Crippen molar-refractivity contribution < 1.29 is 9.84 Å². The van der Waals surface area contributed by atoms with Crippen molar-refractivity contribution in [2.45, 2.75) is 38.8 Å². The van der Waals surface area contributed by atoms with Gasteiger partial charge in [-0.2, -0.15) is 0 Å². The first kappa shape index (κ1) is 16.9. The number of benzene rings is 1. The van der Waals surface area contributed by atoms with Crippen molar-refractivity contribution in [3.05, 3.63) is 34.9 Å². The molecule has 1 aliphatic rings. The second kappa shape index (κ2) is 6.86. The fraction of sp³-hybridized carbons (Fsp3) is 0.588. The van der Waals surface area contributed by atoms with E-state index in [0.717, 1.165) is 31.9 Å². The Kier molecular flexibility index (Phi) is 4.82. The molecule has 0 bridgehead atoms. The highest BCUT2D eigenvalue weighted by Crippen LogP contribution is 2.27. The number of aliphatic hydroxyl groups is 1. The number of tetrazole rings is 1. The van der Waals surface area contributed by atoms with Crippen LogP contribution in [0.15, 0.2) is 18.2 Å². The van der Waals surface area contributed by atoms with Crippen molar-refractivity contribution in [2.24, 2.45) is 0 Å². The fourth-order valence-electron chi connectivity index (χ4n) is 3.25. The van der Waals surface area contributed by atoms with Crippen LogP contribution in [-0.4, -0.2) is 57.7 Å². The Morgan fingerprint density at radius 1 is 1.25 bits per heavy atom. The number of aryl methyl sites for hydroxylation is 2. The molecular weight excluding hydrogens is 306 g/mol. The Morgan fingerprint density at radius 3 is 2.62 bits per heavy atom. The summed E-state index contributed by atoms with van der Waals surface area (Å²) in [5.41, 5.74) is 3.29. The molecule has 1 fully saturated rings. The van der Waals surface area contributed by atoms with Crippen LogP contribution in [-0.2, 0) is 11.3 Å². The van der Waals surface area contributed by atoms with Gasteiger partial charge in [0.15, 0.2) is 0 Å². The molecule has 0 aliphatic carbocycles. The highest BCUT2D eigenvalue weighted by molar-refractivity contribution is 5.34. The van der Waals surface area contributed by atoms with Crippen molar-refractivity contribution >= 4 is 5.95 Å². The van der Waals surface area contributed by atoms with Crippen LogP contribution in [0.25, 0.3) is 0 Å². The number of ether oxygens (including phenoxy) is 1. The molecule has 1 aromatic heterocycles. The number of aliphatic hydroxyl groups excluding tert-OH is 1. The van der Waals surface area contributed by atoms with E-state index in [1.54, 1.807) is 7.11 Å². The summed E-state index contributed by atoms with van der Waals surface area (Å²) in [5.74, 6) is 0.776. The topological polar surface area (TPSA) is 76.3 Å². The van der Waals surface area contributed by atoms with Gasteiger partial charge in [-0.05, 0) is 48.2 Å². The van der Waals surface area contributed by atoms with Crippen LogP contribution >= 0.6 is 0 Å². The first-order chi connectivity index (χ1) is 11.6. The van der Waals surface area contributed by atoms with Gasteiger partial charge in [0, 0.05) is 20.2 Å². The summed E-state index contributed by atoms with van der Waals surface area (Å²) in [4.78, 5) is 2.16. The summed E-state index contributed by atoms with van der Waals surface area (Å²) in [6.07, 6.45) is 1.52. The quantitative estimate of drug-likeness (QED) is 0.890. The molecular formula is C17H25N5O2. The third-order valence-corrected chi connectivity index (χ3v) is 5.01. The van der Waals surface area contributed by atoms with E-state index in [4.69, 9.17) is 4.74 Å². The smallest absolute Gasteiger partial charge is 0.245 e. The standard InChI is InChI=1S/C17H25N5O2/c1-13-4-5-15(14(2)10-13)11-22-16(18-19-20-22)21-8-6-17(12-23,24-3)7-9-21/h4-5,10,23H,6-9,11-12H2,1-3H3. The zero-order valence-electron chi connectivity index (χ0n) is 14.6. The van der Waals surface area contributed by atoms with E-state index in [-0.39, 0.29) is 6.61 Å². The summed E-state index contributed by atoms with van der Waals surface area (Å²) < 4.78 is 7.35. The monoisotopic (exact) mass is 331 g/mol. The predicted octanol–water partition coefficient (Wildman–Crippen LogP) is 1.32. The molecule has 1 aliphatic heterocycles. The van der Waals surface area contributed by atoms with Gasteiger partial charge in [-0.1, -0.05) is 28.9 Å². The molecule has 0 spiro atoms. The summed E-state index contributed by atoms with van der Waals surface area (Å²) in [7, 11) is 1.66. The average Bonchev–Trinajstić information content (AvgIpc) is 3.05. The fourth-order valence-corrected chi connectivity index (χ4v) is 3.25. The molecule has 0 radical (unpaired) electrons. The van der Waals surface area contributed by atoms with E-state index in [1.807, 2.05) is 4.68 Å². The minimum Gasteiger partial charge on any atom is -0.393 e. The van der Waals surface area contributed by atoms with E-state index < -0.39 is 5.60 Å². The summed E-state index contributed by atoms with van der Waals surface area (Å²) in [6, 6.07) is 6.42. The maximum Gasteiger partial charge on any atom is 0.245 e. The zero-order valence-corrected chi connectivity index (χ0v) is 14.6. The van der Waals surface area contributed by atoms with Crippen LogP contribution in [0.5, 0.6) is 0 Å². The summed E-state index contributed by atoms with van der Waals surface area (Å²) in [5, 5.41) is 21.8. The van der Waals surface area contributed by atoms with Crippen molar-refractivity contribution in [1.82, 2.24) is 20.2 Å². The number of aromatic nitrogens is 4. The van der Waals surface area contributed by atoms with Gasteiger partial charge in [-0.15, -0.1) is 0 Å². The number of hydrogen-bond acceptors (Lipinski definition) is 6. The van der Waals surface area contributed by atoms with Crippen LogP contribution in [0.3, 0.4) is 0 Å². The third-order valence-electron chi connectivity index (χ3n) is 5.01. The number of anilines is 1. The van der Waals surface area contributed by atoms with E-state index in [1.165, 1.54) is 16.7 Å². The number of piperidine rings is 1. The van der Waals surface area contributed by atoms with Crippen LogP contribution in [0.1, 0.15) is 29.5 Å². The number of rotatable bonds is 5. The Balaban J connectivity index is 1.74. The molecule has 2 aromatic rings. The molecule has 0 saturated carbocycles. The van der Waals surface area contributed by atoms with Gasteiger partial charge in [-0.25, -0.2) is 4.68 Å². The van der Waals surface area contributed by atoms with Gasteiger partial charge in [0.2, 0.25) is 5.95 Å². The molecule has 1 N–H and O–H groups in total. The Labute approximate surface area is 142 Å². The molecule has 1 aromatic carbocycles. The van der Waals surface area contributed by atoms with Crippen molar-refractivity contribution in [3.8, 4) is 0 Å². The Morgan fingerprint density at radius 2 is 2.00 bits per heavy atom. The summed E-state index contributed by atoms with van der Waals surface area (Å²) >= 11 is 0. The first-order valence-corrected chi connectivity index (χ1v) is 8.30. The van der Waals surface area contributed by atoms with Gasteiger partial charge in [0.25, 0.3) is 0 Å². The highest BCUT2D eigenvalue weighted by Gasteiger charge is 2.35. The van der Waals surface area contributed by atoms with E-state index in [2.05, 4.69) is 52.5 Å². The maximum atomic E-state index is 9.57. The van der Waals surface area contributed by atoms with Crippen LogP contribution in [0.4, 0.5) is 5.95 Å². The Bertz CT molecular complexity index is 686. The predicted molar refractivity (Wildman–Crippen MR) is 91.1 cm³/mol. The second-order valence-electron chi connectivity index (χ2n) is 6.60. The minimum absolute atomic E-state index is 0.0465. The van der Waals surface area contributed by atoms with E-state index in [9.17, 15) is 5.11 Å². The largest absolute Gasteiger partial charge is 0.393 e. The van der Waals surface area contributed by atoms with E-state index in [0.29, 0.717) is 6.54 Å². The number of hydrogen-bond donors (Lipinski definition) is 1. The van der Waals surface area contributed by atoms with Gasteiger partial charge in [0.1, 0.15) is 0 Å². The molecule has 0 atom stereocenters. The molecule has 0 unspecified atom stereocenters. The van der Waals surface area contributed by atoms with Crippen LogP contribution in [0.2, 0.25) is 0 Å². The van der Waals surface area contributed by atoms with Gasteiger partial charge in [-0.3, -0.25) is 0 Å². The normalized spacial score (nSPS) is 17.2. The highest BCUT2D eigenvalue weighted by atomic mass is 16.5. The first-order valence-electron chi connectivity index (χ1n) is 8.30. The van der Waals surface area contributed by atoms with Crippen LogP contribution < -0.4 is 4.90 Å². The van der Waals surface area contributed by atoms with Gasteiger partial charge < -0.3 is 14.7 Å². The molecule has 0 amide bonds. The minimum atomic E-state index is -0.428. The summed E-state index contributed by atoms with van der Waals surface area (Å²) in [6.45, 7) is 6.44. The molecule has 130 valence electrons. The molecule has 7 nitrogen and oxygen atoms in total. The second-order valence-corrected chi connectivity index (χ2v) is 6.60. The Hall–Kier alpha value is -1.99.